The van der Waals surface area contributed by atoms with E-state index >= 15 is 0 Å². The quantitative estimate of drug-likeness (QED) is 0.878. The molecule has 82 valence electrons. The van der Waals surface area contributed by atoms with Crippen molar-refractivity contribution in [3.05, 3.63) is 28.7 Å². The molecule has 0 amide bonds. The molecule has 1 heterocycles. The molecule has 2 nitrogen and oxygen atoms in total. The Bertz CT molecular complexity index is 323. The summed E-state index contributed by atoms with van der Waals surface area (Å²) < 4.78 is 1.13. The molecule has 0 bridgehead atoms. The maximum atomic E-state index is 3.51. The lowest BCUT2D eigenvalue weighted by atomic mass is 9.99. The minimum Gasteiger partial charge on any atom is -0.383 e. The Morgan fingerprint density at radius 2 is 2.40 bits per heavy atom. The topological polar surface area (TPSA) is 24.1 Å². The van der Waals surface area contributed by atoms with Crippen molar-refractivity contribution in [1.29, 1.82) is 0 Å². The summed E-state index contributed by atoms with van der Waals surface area (Å²) in [4.78, 5) is 0. The minimum atomic E-state index is 0.525. The Balaban J connectivity index is 1.84. The highest BCUT2D eigenvalue weighted by atomic mass is 79.9. The van der Waals surface area contributed by atoms with Gasteiger partial charge in [0.1, 0.15) is 0 Å². The van der Waals surface area contributed by atoms with Crippen molar-refractivity contribution < 1.29 is 0 Å². The molecule has 0 spiro atoms. The number of halogens is 1. The van der Waals surface area contributed by atoms with Crippen molar-refractivity contribution in [3.8, 4) is 0 Å². The molecule has 1 saturated heterocycles. The molecule has 2 atom stereocenters. The van der Waals surface area contributed by atoms with E-state index in [9.17, 15) is 0 Å². The van der Waals surface area contributed by atoms with Crippen molar-refractivity contribution in [2.24, 2.45) is 0 Å². The standard InChI is InChI=1S/C12H17BrN2/c1-9(7-11-5-6-14-11)15-12-4-2-3-10(13)8-12/h2-4,8-9,11,14-15H,5-7H2,1H3/t9-,11?/m0/s1. The van der Waals surface area contributed by atoms with E-state index in [-0.39, 0.29) is 0 Å². The van der Waals surface area contributed by atoms with E-state index in [1.54, 1.807) is 0 Å². The first-order chi connectivity index (χ1) is 7.24. The van der Waals surface area contributed by atoms with Crippen LogP contribution in [0, 0.1) is 0 Å². The van der Waals surface area contributed by atoms with Crippen LogP contribution >= 0.6 is 15.9 Å². The number of hydrogen-bond donors (Lipinski definition) is 2. The molecule has 1 aromatic carbocycles. The fourth-order valence-electron chi connectivity index (χ4n) is 1.90. The van der Waals surface area contributed by atoms with Gasteiger partial charge in [-0.15, -0.1) is 0 Å². The van der Waals surface area contributed by atoms with Crippen LogP contribution < -0.4 is 10.6 Å². The zero-order valence-corrected chi connectivity index (χ0v) is 10.5. The van der Waals surface area contributed by atoms with Gasteiger partial charge in [-0.1, -0.05) is 22.0 Å². The van der Waals surface area contributed by atoms with Gasteiger partial charge in [0, 0.05) is 22.2 Å². The van der Waals surface area contributed by atoms with E-state index in [1.807, 2.05) is 6.07 Å². The second-order valence-electron chi connectivity index (χ2n) is 4.23. The molecule has 1 aromatic rings. The monoisotopic (exact) mass is 268 g/mol. The molecule has 3 heteroatoms. The molecule has 0 saturated carbocycles. The highest BCUT2D eigenvalue weighted by Crippen LogP contribution is 2.18. The summed E-state index contributed by atoms with van der Waals surface area (Å²) in [7, 11) is 0. The Morgan fingerprint density at radius 3 is 3.00 bits per heavy atom. The van der Waals surface area contributed by atoms with Gasteiger partial charge >= 0.3 is 0 Å². The summed E-state index contributed by atoms with van der Waals surface area (Å²) >= 11 is 3.48. The van der Waals surface area contributed by atoms with Crippen LogP contribution in [0.1, 0.15) is 19.8 Å². The van der Waals surface area contributed by atoms with Crippen molar-refractivity contribution >= 4 is 21.6 Å². The van der Waals surface area contributed by atoms with Gasteiger partial charge in [-0.3, -0.25) is 0 Å². The molecule has 2 rings (SSSR count). The summed E-state index contributed by atoms with van der Waals surface area (Å²) in [6, 6.07) is 9.57. The van der Waals surface area contributed by atoms with Crippen molar-refractivity contribution in [2.45, 2.75) is 31.8 Å². The lowest BCUT2D eigenvalue weighted by Crippen LogP contribution is -2.45. The Kier molecular flexibility index (Phi) is 3.65. The van der Waals surface area contributed by atoms with Gasteiger partial charge in [-0.2, -0.15) is 0 Å². The second kappa shape index (κ2) is 4.99. The number of hydrogen-bond acceptors (Lipinski definition) is 2. The number of rotatable bonds is 4. The largest absolute Gasteiger partial charge is 0.383 e. The average molecular weight is 269 g/mol. The first-order valence-corrected chi connectivity index (χ1v) is 6.29. The fraction of sp³-hybridized carbons (Fsp3) is 0.500. The van der Waals surface area contributed by atoms with Gasteiger partial charge in [-0.05, 0) is 44.5 Å². The highest BCUT2D eigenvalue weighted by Gasteiger charge is 2.18. The zero-order chi connectivity index (χ0) is 10.7. The molecule has 0 aromatic heterocycles. The van der Waals surface area contributed by atoms with E-state index < -0.39 is 0 Å². The average Bonchev–Trinajstić information content (AvgIpc) is 2.11. The predicted octanol–water partition coefficient (Wildman–Crippen LogP) is 3.00. The Labute approximate surface area is 99.6 Å². The van der Waals surface area contributed by atoms with E-state index in [0.717, 1.165) is 10.5 Å². The maximum Gasteiger partial charge on any atom is 0.0353 e. The smallest absolute Gasteiger partial charge is 0.0353 e. The van der Waals surface area contributed by atoms with Crippen LogP contribution in [-0.2, 0) is 0 Å². The summed E-state index contributed by atoms with van der Waals surface area (Å²) in [5, 5.41) is 6.94. The lowest BCUT2D eigenvalue weighted by Gasteiger charge is -2.30. The third kappa shape index (κ3) is 3.21. The number of benzene rings is 1. The third-order valence-electron chi connectivity index (χ3n) is 2.80. The van der Waals surface area contributed by atoms with E-state index in [2.05, 4.69) is 51.7 Å². The van der Waals surface area contributed by atoms with Crippen LogP contribution in [0.2, 0.25) is 0 Å². The molecule has 1 aliphatic rings. The maximum absolute atomic E-state index is 3.51. The van der Waals surface area contributed by atoms with Crippen molar-refractivity contribution in [1.82, 2.24) is 5.32 Å². The minimum absolute atomic E-state index is 0.525. The van der Waals surface area contributed by atoms with Crippen LogP contribution in [0.4, 0.5) is 5.69 Å². The van der Waals surface area contributed by atoms with Gasteiger partial charge in [-0.25, -0.2) is 0 Å². The highest BCUT2D eigenvalue weighted by molar-refractivity contribution is 9.10. The van der Waals surface area contributed by atoms with Crippen LogP contribution in [0.15, 0.2) is 28.7 Å². The molecular weight excluding hydrogens is 252 g/mol. The van der Waals surface area contributed by atoms with Gasteiger partial charge in [0.15, 0.2) is 0 Å². The van der Waals surface area contributed by atoms with E-state index in [1.165, 1.54) is 25.1 Å². The van der Waals surface area contributed by atoms with Crippen LogP contribution in [0.25, 0.3) is 0 Å². The third-order valence-corrected chi connectivity index (χ3v) is 3.29. The predicted molar refractivity (Wildman–Crippen MR) is 68.3 cm³/mol. The molecule has 1 aliphatic heterocycles. The Morgan fingerprint density at radius 1 is 1.60 bits per heavy atom. The molecule has 1 fully saturated rings. The molecular formula is C12H17BrN2. The van der Waals surface area contributed by atoms with Crippen LogP contribution in [-0.4, -0.2) is 18.6 Å². The van der Waals surface area contributed by atoms with E-state index in [0.29, 0.717) is 6.04 Å². The normalized spacial score (nSPS) is 21.9. The molecule has 2 N–H and O–H groups in total. The SMILES string of the molecule is C[C@@H](CC1CCN1)Nc1cccc(Br)c1. The molecule has 15 heavy (non-hydrogen) atoms. The molecule has 1 unspecified atom stereocenters. The van der Waals surface area contributed by atoms with Crippen molar-refractivity contribution in [2.75, 3.05) is 11.9 Å². The van der Waals surface area contributed by atoms with Gasteiger partial charge in [0.25, 0.3) is 0 Å². The Hall–Kier alpha value is -0.540. The lowest BCUT2D eigenvalue weighted by molar-refractivity contribution is 0.339. The second-order valence-corrected chi connectivity index (χ2v) is 5.15. The van der Waals surface area contributed by atoms with Gasteiger partial charge in [0.05, 0.1) is 0 Å². The summed E-state index contributed by atoms with van der Waals surface area (Å²) in [5.74, 6) is 0. The van der Waals surface area contributed by atoms with Gasteiger partial charge < -0.3 is 10.6 Å². The van der Waals surface area contributed by atoms with Crippen molar-refractivity contribution in [3.63, 3.8) is 0 Å². The first-order valence-electron chi connectivity index (χ1n) is 5.49. The number of nitrogens with one attached hydrogen (secondary N) is 2. The van der Waals surface area contributed by atoms with Gasteiger partial charge in [0.2, 0.25) is 0 Å². The summed E-state index contributed by atoms with van der Waals surface area (Å²) in [6.07, 6.45) is 2.52. The summed E-state index contributed by atoms with van der Waals surface area (Å²) in [6.45, 7) is 3.43. The zero-order valence-electron chi connectivity index (χ0n) is 8.96. The molecule has 0 aliphatic carbocycles. The van der Waals surface area contributed by atoms with E-state index in [4.69, 9.17) is 0 Å². The fourth-order valence-corrected chi connectivity index (χ4v) is 2.30. The van der Waals surface area contributed by atoms with Crippen LogP contribution in [0.5, 0.6) is 0 Å². The first kappa shape index (κ1) is 11.0. The van der Waals surface area contributed by atoms with Crippen LogP contribution in [0.3, 0.4) is 0 Å². The number of anilines is 1. The summed E-state index contributed by atoms with van der Waals surface area (Å²) in [5.41, 5.74) is 1.19. The molecule has 0 radical (unpaired) electrons.